The van der Waals surface area contributed by atoms with E-state index in [2.05, 4.69) is 17.4 Å². The van der Waals surface area contributed by atoms with E-state index in [1.54, 1.807) is 11.8 Å². The van der Waals surface area contributed by atoms with Crippen LogP contribution in [0.1, 0.15) is 36.6 Å². The van der Waals surface area contributed by atoms with Gasteiger partial charge >= 0.3 is 0 Å². The van der Waals surface area contributed by atoms with E-state index in [-0.39, 0.29) is 17.3 Å². The number of nitrogens with one attached hydrogen (secondary N) is 1. The molecule has 1 atom stereocenters. The summed E-state index contributed by atoms with van der Waals surface area (Å²) in [5, 5.41) is 2.98. The number of hydrogen-bond donors (Lipinski definition) is 1. The van der Waals surface area contributed by atoms with Gasteiger partial charge in [-0.25, -0.2) is 0 Å². The molecule has 0 aliphatic carbocycles. The van der Waals surface area contributed by atoms with E-state index in [4.69, 9.17) is 4.74 Å². The largest absolute Gasteiger partial charge is 0.379 e. The summed E-state index contributed by atoms with van der Waals surface area (Å²) in [7, 11) is 0. The van der Waals surface area contributed by atoms with Crippen LogP contribution in [-0.4, -0.2) is 30.9 Å². The maximum atomic E-state index is 12.3. The standard InChI is InChI=1S/C16H23NO2S/c1-12(2)19-10-5-9-17-16(18)15-14-7-4-3-6-13(14)8-11-20-15/h3-4,6-7,12,15H,5,8-11H2,1-2H3,(H,17,18)/t15-/m1/s1. The molecule has 1 aliphatic heterocycles. The molecule has 0 fully saturated rings. The minimum atomic E-state index is -0.0500. The fourth-order valence-electron chi connectivity index (χ4n) is 2.31. The Morgan fingerprint density at radius 1 is 1.45 bits per heavy atom. The lowest BCUT2D eigenvalue weighted by Gasteiger charge is -2.24. The number of hydrogen-bond acceptors (Lipinski definition) is 3. The van der Waals surface area contributed by atoms with Crippen molar-refractivity contribution < 1.29 is 9.53 Å². The summed E-state index contributed by atoms with van der Waals surface area (Å²) in [5.41, 5.74) is 2.49. The maximum absolute atomic E-state index is 12.3. The maximum Gasteiger partial charge on any atom is 0.237 e. The molecule has 0 spiro atoms. The summed E-state index contributed by atoms with van der Waals surface area (Å²) in [6.45, 7) is 5.43. The molecule has 1 aromatic carbocycles. The third kappa shape index (κ3) is 4.25. The highest BCUT2D eigenvalue weighted by Gasteiger charge is 2.26. The van der Waals surface area contributed by atoms with Gasteiger partial charge in [-0.2, -0.15) is 0 Å². The Bertz CT molecular complexity index is 448. The smallest absolute Gasteiger partial charge is 0.237 e. The van der Waals surface area contributed by atoms with Gasteiger partial charge < -0.3 is 10.1 Å². The summed E-state index contributed by atoms with van der Waals surface area (Å²) in [6, 6.07) is 8.27. The molecule has 2 rings (SSSR count). The average molecular weight is 293 g/mol. The number of thioether (sulfide) groups is 1. The van der Waals surface area contributed by atoms with E-state index in [0.29, 0.717) is 13.2 Å². The van der Waals surface area contributed by atoms with Gasteiger partial charge in [0.05, 0.1) is 6.10 Å². The molecule has 110 valence electrons. The van der Waals surface area contributed by atoms with Crippen LogP contribution in [0.4, 0.5) is 0 Å². The van der Waals surface area contributed by atoms with Crippen molar-refractivity contribution >= 4 is 17.7 Å². The monoisotopic (exact) mass is 293 g/mol. The Kier molecular flexibility index (Phi) is 5.92. The molecule has 0 saturated carbocycles. The van der Waals surface area contributed by atoms with Crippen LogP contribution in [0.2, 0.25) is 0 Å². The fraction of sp³-hybridized carbons (Fsp3) is 0.562. The van der Waals surface area contributed by atoms with Gasteiger partial charge in [0, 0.05) is 13.2 Å². The molecule has 0 unspecified atom stereocenters. The summed E-state index contributed by atoms with van der Waals surface area (Å²) in [5.74, 6) is 1.15. The summed E-state index contributed by atoms with van der Waals surface area (Å²) in [6.07, 6.45) is 2.18. The highest BCUT2D eigenvalue weighted by atomic mass is 32.2. The van der Waals surface area contributed by atoms with Crippen molar-refractivity contribution in [1.29, 1.82) is 0 Å². The van der Waals surface area contributed by atoms with Gasteiger partial charge in [-0.3, -0.25) is 4.79 Å². The molecular formula is C16H23NO2S. The Balaban J connectivity index is 1.82. The molecular weight excluding hydrogens is 270 g/mol. The molecule has 20 heavy (non-hydrogen) atoms. The van der Waals surface area contributed by atoms with Crippen molar-refractivity contribution in [3.8, 4) is 0 Å². The normalized spacial score (nSPS) is 17.9. The van der Waals surface area contributed by atoms with E-state index < -0.39 is 0 Å². The van der Waals surface area contributed by atoms with E-state index in [1.165, 1.54) is 11.1 Å². The number of fused-ring (bicyclic) bond motifs is 1. The Morgan fingerprint density at radius 2 is 2.25 bits per heavy atom. The van der Waals surface area contributed by atoms with Crippen molar-refractivity contribution in [1.82, 2.24) is 5.32 Å². The van der Waals surface area contributed by atoms with Gasteiger partial charge in [-0.15, -0.1) is 11.8 Å². The minimum Gasteiger partial charge on any atom is -0.379 e. The number of rotatable bonds is 6. The first kappa shape index (κ1) is 15.4. The second kappa shape index (κ2) is 7.70. The highest BCUT2D eigenvalue weighted by molar-refractivity contribution is 8.00. The van der Waals surface area contributed by atoms with Gasteiger partial charge in [0.1, 0.15) is 5.25 Å². The van der Waals surface area contributed by atoms with Gasteiger partial charge in [0.15, 0.2) is 0 Å². The third-order valence-corrected chi connectivity index (χ3v) is 4.54. The first-order valence-electron chi connectivity index (χ1n) is 7.27. The number of ether oxygens (including phenoxy) is 1. The molecule has 3 nitrogen and oxygen atoms in total. The summed E-state index contributed by atoms with van der Waals surface area (Å²) < 4.78 is 5.47. The van der Waals surface area contributed by atoms with Crippen molar-refractivity contribution in [3.05, 3.63) is 35.4 Å². The average Bonchev–Trinajstić information content (AvgIpc) is 2.45. The molecule has 0 saturated heterocycles. The molecule has 1 aromatic rings. The summed E-state index contributed by atoms with van der Waals surface area (Å²) >= 11 is 1.74. The number of carbonyl (C=O) groups is 1. The zero-order valence-electron chi connectivity index (χ0n) is 12.2. The van der Waals surface area contributed by atoms with Crippen LogP contribution in [0, 0.1) is 0 Å². The molecule has 1 amide bonds. The Morgan fingerprint density at radius 3 is 3.05 bits per heavy atom. The first-order valence-corrected chi connectivity index (χ1v) is 8.32. The number of benzene rings is 1. The van der Waals surface area contributed by atoms with Crippen LogP contribution in [0.5, 0.6) is 0 Å². The van der Waals surface area contributed by atoms with Crippen LogP contribution in [-0.2, 0) is 16.0 Å². The zero-order chi connectivity index (χ0) is 14.4. The van der Waals surface area contributed by atoms with Crippen molar-refractivity contribution in [2.75, 3.05) is 18.9 Å². The van der Waals surface area contributed by atoms with Crippen LogP contribution in [0.25, 0.3) is 0 Å². The molecule has 0 radical (unpaired) electrons. The van der Waals surface area contributed by atoms with Crippen LogP contribution < -0.4 is 5.32 Å². The quantitative estimate of drug-likeness (QED) is 0.820. The van der Waals surface area contributed by atoms with Gasteiger partial charge in [-0.05, 0) is 43.6 Å². The van der Waals surface area contributed by atoms with Crippen LogP contribution >= 0.6 is 11.8 Å². The number of amides is 1. The lowest BCUT2D eigenvalue weighted by molar-refractivity contribution is -0.120. The zero-order valence-corrected chi connectivity index (χ0v) is 13.0. The molecule has 1 N–H and O–H groups in total. The number of carbonyl (C=O) groups excluding carboxylic acids is 1. The number of aryl methyl sites for hydroxylation is 1. The van der Waals surface area contributed by atoms with E-state index >= 15 is 0 Å². The molecule has 1 heterocycles. The van der Waals surface area contributed by atoms with Crippen LogP contribution in [0.3, 0.4) is 0 Å². The highest BCUT2D eigenvalue weighted by Crippen LogP contribution is 2.36. The topological polar surface area (TPSA) is 38.3 Å². The fourth-order valence-corrected chi connectivity index (χ4v) is 3.52. The van der Waals surface area contributed by atoms with E-state index in [1.807, 2.05) is 26.0 Å². The van der Waals surface area contributed by atoms with E-state index in [0.717, 1.165) is 18.6 Å². The molecule has 0 aromatic heterocycles. The molecule has 4 heteroatoms. The van der Waals surface area contributed by atoms with E-state index in [9.17, 15) is 4.79 Å². The van der Waals surface area contributed by atoms with Crippen molar-refractivity contribution in [3.63, 3.8) is 0 Å². The van der Waals surface area contributed by atoms with Gasteiger partial charge in [0.25, 0.3) is 0 Å². The lowest BCUT2D eigenvalue weighted by Crippen LogP contribution is -2.31. The second-order valence-electron chi connectivity index (χ2n) is 5.26. The SMILES string of the molecule is CC(C)OCCCNC(=O)[C@@H]1SCCc2ccccc21. The minimum absolute atomic E-state index is 0.0500. The Hall–Kier alpha value is -1.00. The Labute approximate surface area is 125 Å². The van der Waals surface area contributed by atoms with Crippen LogP contribution in [0.15, 0.2) is 24.3 Å². The summed E-state index contributed by atoms with van der Waals surface area (Å²) in [4.78, 5) is 12.3. The van der Waals surface area contributed by atoms with Crippen molar-refractivity contribution in [2.24, 2.45) is 0 Å². The van der Waals surface area contributed by atoms with Gasteiger partial charge in [-0.1, -0.05) is 24.3 Å². The predicted octanol–water partition coefficient (Wildman–Crippen LogP) is 2.95. The second-order valence-corrected chi connectivity index (χ2v) is 6.48. The lowest BCUT2D eigenvalue weighted by atomic mass is 10.0. The van der Waals surface area contributed by atoms with Gasteiger partial charge in [0.2, 0.25) is 5.91 Å². The van der Waals surface area contributed by atoms with Crippen molar-refractivity contribution in [2.45, 2.75) is 38.0 Å². The predicted molar refractivity (Wildman–Crippen MR) is 84.1 cm³/mol. The first-order chi connectivity index (χ1) is 9.68. The molecule has 1 aliphatic rings. The molecule has 0 bridgehead atoms. The third-order valence-electron chi connectivity index (χ3n) is 3.30.